The van der Waals surface area contributed by atoms with Crippen molar-refractivity contribution in [2.24, 2.45) is 5.92 Å². The van der Waals surface area contributed by atoms with Crippen LogP contribution in [0.25, 0.3) is 0 Å². The van der Waals surface area contributed by atoms with E-state index in [0.717, 1.165) is 35.6 Å². The average molecular weight is 528 g/mol. The summed E-state index contributed by atoms with van der Waals surface area (Å²) in [6, 6.07) is 2.35. The van der Waals surface area contributed by atoms with E-state index in [9.17, 15) is 19.2 Å². The molecule has 0 bridgehead atoms. The van der Waals surface area contributed by atoms with Gasteiger partial charge in [0, 0.05) is 56.6 Å². The number of aryl methyl sites for hydroxylation is 1. The Hall–Kier alpha value is -3.38. The fraction of sp³-hybridized carbons (Fsp3) is 0.520. The van der Waals surface area contributed by atoms with Gasteiger partial charge in [0.25, 0.3) is 5.91 Å². The van der Waals surface area contributed by atoms with Crippen LogP contribution in [0.2, 0.25) is 0 Å². The first kappa shape index (κ1) is 26.7. The minimum Gasteiger partial charge on any atom is -0.349 e. The molecule has 0 radical (unpaired) electrons. The van der Waals surface area contributed by atoms with Crippen molar-refractivity contribution in [3.8, 4) is 0 Å². The van der Waals surface area contributed by atoms with Gasteiger partial charge >= 0.3 is 11.8 Å². The molecular formula is C25H33N7O4S. The molecule has 1 saturated carbocycles. The number of nitrogens with zero attached hydrogens (tertiary/aromatic N) is 4. The van der Waals surface area contributed by atoms with E-state index >= 15 is 0 Å². The fourth-order valence-corrected chi connectivity index (χ4v) is 5.78. The lowest BCUT2D eigenvalue weighted by Crippen LogP contribution is -2.57. The maximum Gasteiger partial charge on any atom is 0.314 e. The highest BCUT2D eigenvalue weighted by atomic mass is 32.1. The Morgan fingerprint density at radius 2 is 1.86 bits per heavy atom. The molecule has 3 heterocycles. The highest BCUT2D eigenvalue weighted by Crippen LogP contribution is 2.28. The van der Waals surface area contributed by atoms with Crippen LogP contribution >= 0.6 is 11.3 Å². The number of amides is 4. The second-order valence-electron chi connectivity index (χ2n) is 9.95. The number of fused-ring (bicyclic) bond motifs is 1. The van der Waals surface area contributed by atoms with Gasteiger partial charge in [-0.15, -0.1) is 11.3 Å². The number of carbonyl (C=O) groups excluding carboxylic acids is 4. The van der Waals surface area contributed by atoms with Crippen molar-refractivity contribution in [2.45, 2.75) is 51.2 Å². The van der Waals surface area contributed by atoms with E-state index in [1.807, 2.05) is 14.0 Å². The van der Waals surface area contributed by atoms with E-state index in [2.05, 4.69) is 30.8 Å². The third-order valence-corrected chi connectivity index (χ3v) is 7.83. The number of likely N-dealkylation sites (N-methyl/N-ethyl adjacent to an activating group) is 1. The minimum absolute atomic E-state index is 0.0278. The number of nitrogens with one attached hydrogen (secondary N) is 3. The topological polar surface area (TPSA) is 137 Å². The zero-order valence-corrected chi connectivity index (χ0v) is 22.4. The number of hydrogen-bond acceptors (Lipinski definition) is 8. The van der Waals surface area contributed by atoms with E-state index in [0.29, 0.717) is 24.3 Å². The van der Waals surface area contributed by atoms with Crippen molar-refractivity contribution in [3.63, 3.8) is 0 Å². The van der Waals surface area contributed by atoms with Gasteiger partial charge in [-0.3, -0.25) is 19.2 Å². The van der Waals surface area contributed by atoms with Crippen molar-refractivity contribution in [1.29, 1.82) is 0 Å². The smallest absolute Gasteiger partial charge is 0.314 e. The number of aromatic nitrogens is 2. The van der Waals surface area contributed by atoms with Crippen LogP contribution < -0.4 is 16.0 Å². The summed E-state index contributed by atoms with van der Waals surface area (Å²) in [5.41, 5.74) is 1.88. The van der Waals surface area contributed by atoms with Crippen LogP contribution in [0.15, 0.2) is 18.3 Å². The first-order valence-electron chi connectivity index (χ1n) is 12.3. The summed E-state index contributed by atoms with van der Waals surface area (Å²) < 4.78 is 0. The van der Waals surface area contributed by atoms with Crippen LogP contribution in [0.1, 0.15) is 45.2 Å². The number of carbonyl (C=O) groups is 4. The standard InChI is InChI=1S/C25H33N7O4S/c1-14-5-8-20(26-12-14)30-22(34)21(33)27-16-7-6-15(25(36)31(2)3)11-18(16)28-23(35)24-29-17-9-10-32(4)13-19(17)37-24/h5,8,12,15-16,18H,6-7,9-11,13H2,1-4H3,(H,27,33)(H,28,35)(H,26,30,34)/t15-,16+,18+/m0/s1. The monoisotopic (exact) mass is 527 g/mol. The van der Waals surface area contributed by atoms with Crippen LogP contribution in [0.4, 0.5) is 5.82 Å². The summed E-state index contributed by atoms with van der Waals surface area (Å²) in [6.45, 7) is 3.52. The normalized spacial score (nSPS) is 21.5. The highest BCUT2D eigenvalue weighted by molar-refractivity contribution is 7.13. The third-order valence-electron chi connectivity index (χ3n) is 6.75. The van der Waals surface area contributed by atoms with E-state index in [1.54, 1.807) is 32.4 Å². The van der Waals surface area contributed by atoms with Crippen LogP contribution in [-0.2, 0) is 27.3 Å². The summed E-state index contributed by atoms with van der Waals surface area (Å²) in [5.74, 6) is -2.05. The molecule has 4 rings (SSSR count). The number of thiazole rings is 1. The predicted octanol–water partition coefficient (Wildman–Crippen LogP) is 0.945. The van der Waals surface area contributed by atoms with Gasteiger partial charge in [0.15, 0.2) is 5.01 Å². The third kappa shape index (κ3) is 6.50. The molecule has 0 aromatic carbocycles. The molecule has 2 aromatic rings. The van der Waals surface area contributed by atoms with Gasteiger partial charge in [-0.25, -0.2) is 9.97 Å². The molecule has 12 heteroatoms. The second kappa shape index (κ2) is 11.3. The van der Waals surface area contributed by atoms with E-state index < -0.39 is 23.9 Å². The number of hydrogen-bond donors (Lipinski definition) is 3. The summed E-state index contributed by atoms with van der Waals surface area (Å²) >= 11 is 1.37. The molecule has 3 atom stereocenters. The Morgan fingerprint density at radius 3 is 2.57 bits per heavy atom. The zero-order valence-electron chi connectivity index (χ0n) is 21.5. The molecule has 198 valence electrons. The Balaban J connectivity index is 1.45. The summed E-state index contributed by atoms with van der Waals surface area (Å²) in [6.07, 6.45) is 3.71. The zero-order chi connectivity index (χ0) is 26.7. The maximum atomic E-state index is 13.2. The van der Waals surface area contributed by atoms with Crippen molar-refractivity contribution in [3.05, 3.63) is 39.5 Å². The molecule has 1 aliphatic carbocycles. The molecule has 2 aromatic heterocycles. The molecule has 11 nitrogen and oxygen atoms in total. The average Bonchev–Trinajstić information content (AvgIpc) is 3.29. The van der Waals surface area contributed by atoms with E-state index in [1.165, 1.54) is 16.2 Å². The van der Waals surface area contributed by atoms with Crippen LogP contribution in [-0.4, -0.2) is 83.2 Å². The molecule has 3 N–H and O–H groups in total. The SMILES string of the molecule is Cc1ccc(NC(=O)C(=O)N[C@@H]2CC[C@H](C(=O)N(C)C)C[C@H]2NC(=O)c2nc3c(s2)CN(C)CC3)nc1. The lowest BCUT2D eigenvalue weighted by Gasteiger charge is -2.37. The fourth-order valence-electron chi connectivity index (χ4n) is 4.69. The van der Waals surface area contributed by atoms with Crippen molar-refractivity contribution in [1.82, 2.24) is 30.4 Å². The van der Waals surface area contributed by atoms with E-state index in [-0.39, 0.29) is 23.6 Å². The molecule has 0 spiro atoms. The number of anilines is 1. The lowest BCUT2D eigenvalue weighted by atomic mass is 9.81. The lowest BCUT2D eigenvalue weighted by molar-refractivity contribution is -0.137. The molecule has 37 heavy (non-hydrogen) atoms. The molecule has 0 saturated heterocycles. The summed E-state index contributed by atoms with van der Waals surface area (Å²) in [5, 5.41) is 8.61. The van der Waals surface area contributed by atoms with Gasteiger partial charge in [0.1, 0.15) is 5.82 Å². The molecule has 0 unspecified atom stereocenters. The maximum absolute atomic E-state index is 13.2. The van der Waals surface area contributed by atoms with Crippen molar-refractivity contribution >= 4 is 40.8 Å². The summed E-state index contributed by atoms with van der Waals surface area (Å²) in [4.78, 5) is 64.5. The first-order valence-corrected chi connectivity index (χ1v) is 13.2. The molecule has 2 aliphatic rings. The van der Waals surface area contributed by atoms with Gasteiger partial charge in [-0.05, 0) is 44.9 Å². The molecule has 1 aliphatic heterocycles. The minimum atomic E-state index is -0.843. The van der Waals surface area contributed by atoms with Crippen molar-refractivity contribution < 1.29 is 19.2 Å². The second-order valence-corrected chi connectivity index (χ2v) is 11.0. The van der Waals surface area contributed by atoms with Crippen LogP contribution in [0.3, 0.4) is 0 Å². The van der Waals surface area contributed by atoms with Crippen LogP contribution in [0.5, 0.6) is 0 Å². The number of rotatable bonds is 5. The predicted molar refractivity (Wildman–Crippen MR) is 139 cm³/mol. The Morgan fingerprint density at radius 1 is 1.08 bits per heavy atom. The molecular weight excluding hydrogens is 494 g/mol. The largest absolute Gasteiger partial charge is 0.349 e. The molecule has 4 amide bonds. The van der Waals surface area contributed by atoms with Gasteiger partial charge in [0.05, 0.1) is 11.7 Å². The molecule has 1 fully saturated rings. The van der Waals surface area contributed by atoms with Gasteiger partial charge < -0.3 is 25.8 Å². The summed E-state index contributed by atoms with van der Waals surface area (Å²) in [7, 11) is 5.43. The van der Waals surface area contributed by atoms with E-state index in [4.69, 9.17) is 0 Å². The Kier molecular flexibility index (Phi) is 8.18. The quantitative estimate of drug-likeness (QED) is 0.493. The van der Waals surface area contributed by atoms with Gasteiger partial charge in [-0.2, -0.15) is 0 Å². The first-order chi connectivity index (χ1) is 17.6. The van der Waals surface area contributed by atoms with Crippen molar-refractivity contribution in [2.75, 3.05) is 33.0 Å². The Bertz CT molecular complexity index is 1180. The number of pyridine rings is 1. The highest BCUT2D eigenvalue weighted by Gasteiger charge is 2.37. The van der Waals surface area contributed by atoms with Gasteiger partial charge in [-0.1, -0.05) is 6.07 Å². The van der Waals surface area contributed by atoms with Crippen LogP contribution in [0, 0.1) is 12.8 Å². The van der Waals surface area contributed by atoms with Gasteiger partial charge in [0.2, 0.25) is 5.91 Å². The Labute approximate surface area is 220 Å².